The summed E-state index contributed by atoms with van der Waals surface area (Å²) in [6.45, 7) is 0.424. The van der Waals surface area contributed by atoms with E-state index in [-0.39, 0.29) is 5.91 Å². The summed E-state index contributed by atoms with van der Waals surface area (Å²) in [7, 11) is 1.62. The number of hydrogen-bond donors (Lipinski definition) is 1. The number of aromatic nitrogens is 3. The van der Waals surface area contributed by atoms with Crippen molar-refractivity contribution in [2.45, 2.75) is 6.54 Å². The number of ether oxygens (including phenoxy) is 1. The summed E-state index contributed by atoms with van der Waals surface area (Å²) >= 11 is 5.96. The Morgan fingerprint density at radius 1 is 1.04 bits per heavy atom. The van der Waals surface area contributed by atoms with Crippen LogP contribution in [0.2, 0.25) is 5.02 Å². The van der Waals surface area contributed by atoms with Gasteiger partial charge in [-0.15, -0.1) is 10.2 Å². The lowest BCUT2D eigenvalue weighted by Crippen LogP contribution is -2.23. The molecule has 0 fully saturated rings. The Hall–Kier alpha value is -3.38. The number of rotatable bonds is 5. The first-order valence-corrected chi connectivity index (χ1v) is 9.04. The van der Waals surface area contributed by atoms with Crippen molar-refractivity contribution in [1.29, 1.82) is 0 Å². The van der Waals surface area contributed by atoms with E-state index < -0.39 is 0 Å². The van der Waals surface area contributed by atoms with Gasteiger partial charge in [-0.1, -0.05) is 23.7 Å². The van der Waals surface area contributed by atoms with E-state index in [1.54, 1.807) is 42.0 Å². The first-order chi connectivity index (χ1) is 13.6. The van der Waals surface area contributed by atoms with Gasteiger partial charge in [-0.05, 0) is 54.1 Å². The number of carbonyl (C=O) groups excluding carboxylic acids is 1. The molecule has 0 aliphatic heterocycles. The standard InChI is InChI=1S/C21H17ClN4O2/c1-28-18-9-2-14(3-10-18)12-23-21(27)16-6-11-19-24-25-20(26(19)13-16)15-4-7-17(22)8-5-15/h2-11,13H,12H2,1H3,(H,23,27). The molecule has 0 spiro atoms. The summed E-state index contributed by atoms with van der Waals surface area (Å²) in [6, 6.07) is 18.4. The van der Waals surface area contributed by atoms with Crippen LogP contribution in [0.5, 0.6) is 5.75 Å². The predicted molar refractivity (Wildman–Crippen MR) is 108 cm³/mol. The van der Waals surface area contributed by atoms with E-state index in [4.69, 9.17) is 16.3 Å². The quantitative estimate of drug-likeness (QED) is 0.557. The molecular weight excluding hydrogens is 376 g/mol. The number of carbonyl (C=O) groups is 1. The topological polar surface area (TPSA) is 68.5 Å². The van der Waals surface area contributed by atoms with Crippen LogP contribution in [0.4, 0.5) is 0 Å². The third-order valence-electron chi connectivity index (χ3n) is 4.38. The number of halogens is 1. The van der Waals surface area contributed by atoms with Crippen LogP contribution < -0.4 is 10.1 Å². The second-order valence-electron chi connectivity index (χ2n) is 6.21. The van der Waals surface area contributed by atoms with Crippen LogP contribution in [0.1, 0.15) is 15.9 Å². The number of nitrogens with one attached hydrogen (secondary N) is 1. The molecule has 2 aromatic carbocycles. The van der Waals surface area contributed by atoms with E-state index in [0.29, 0.717) is 28.6 Å². The monoisotopic (exact) mass is 392 g/mol. The van der Waals surface area contributed by atoms with Crippen molar-refractivity contribution in [1.82, 2.24) is 19.9 Å². The van der Waals surface area contributed by atoms with Gasteiger partial charge in [0.25, 0.3) is 5.91 Å². The van der Waals surface area contributed by atoms with Gasteiger partial charge < -0.3 is 10.1 Å². The van der Waals surface area contributed by atoms with Crippen molar-refractivity contribution >= 4 is 23.2 Å². The predicted octanol–water partition coefficient (Wildman–Crippen LogP) is 3.99. The summed E-state index contributed by atoms with van der Waals surface area (Å²) in [6.07, 6.45) is 1.74. The molecule has 0 aliphatic rings. The minimum absolute atomic E-state index is 0.173. The molecule has 1 N–H and O–H groups in total. The summed E-state index contributed by atoms with van der Waals surface area (Å²) in [5.74, 6) is 1.26. The summed E-state index contributed by atoms with van der Waals surface area (Å²) in [4.78, 5) is 12.6. The Kier molecular flexibility index (Phi) is 4.95. The van der Waals surface area contributed by atoms with Gasteiger partial charge in [0.05, 0.1) is 12.7 Å². The van der Waals surface area contributed by atoms with Gasteiger partial charge in [0.1, 0.15) is 5.75 Å². The molecule has 0 unspecified atom stereocenters. The van der Waals surface area contributed by atoms with E-state index in [9.17, 15) is 4.79 Å². The molecule has 4 rings (SSSR count). The molecular formula is C21H17ClN4O2. The molecule has 0 radical (unpaired) electrons. The van der Waals surface area contributed by atoms with Crippen molar-refractivity contribution in [3.63, 3.8) is 0 Å². The van der Waals surface area contributed by atoms with E-state index >= 15 is 0 Å². The van der Waals surface area contributed by atoms with Crippen molar-refractivity contribution < 1.29 is 9.53 Å². The smallest absolute Gasteiger partial charge is 0.253 e. The van der Waals surface area contributed by atoms with Gasteiger partial charge >= 0.3 is 0 Å². The summed E-state index contributed by atoms with van der Waals surface area (Å²) in [5, 5.41) is 12.0. The molecule has 4 aromatic rings. The molecule has 140 valence electrons. The van der Waals surface area contributed by atoms with E-state index in [0.717, 1.165) is 16.9 Å². The molecule has 0 bridgehead atoms. The maximum atomic E-state index is 12.6. The third kappa shape index (κ3) is 3.68. The van der Waals surface area contributed by atoms with Crippen molar-refractivity contribution in [3.8, 4) is 17.1 Å². The zero-order valence-electron chi connectivity index (χ0n) is 15.1. The zero-order valence-corrected chi connectivity index (χ0v) is 15.8. The zero-order chi connectivity index (χ0) is 19.5. The maximum absolute atomic E-state index is 12.6. The van der Waals surface area contributed by atoms with Gasteiger partial charge in [-0.3, -0.25) is 9.20 Å². The first kappa shape index (κ1) is 18.0. The highest BCUT2D eigenvalue weighted by molar-refractivity contribution is 6.30. The Labute approximate surface area is 166 Å². The normalized spacial score (nSPS) is 10.8. The molecule has 0 atom stereocenters. The third-order valence-corrected chi connectivity index (χ3v) is 4.63. The van der Waals surface area contributed by atoms with E-state index in [2.05, 4.69) is 15.5 Å². The molecule has 0 aliphatic carbocycles. The molecule has 6 nitrogen and oxygen atoms in total. The lowest BCUT2D eigenvalue weighted by Gasteiger charge is -2.07. The average Bonchev–Trinajstić information content (AvgIpc) is 3.16. The second-order valence-corrected chi connectivity index (χ2v) is 6.64. The fourth-order valence-corrected chi connectivity index (χ4v) is 2.97. The SMILES string of the molecule is COc1ccc(CNC(=O)c2ccc3nnc(-c4ccc(Cl)cc4)n3c2)cc1. The van der Waals surface area contributed by atoms with E-state index in [1.807, 2.05) is 36.4 Å². The molecule has 28 heavy (non-hydrogen) atoms. The Morgan fingerprint density at radius 3 is 2.50 bits per heavy atom. The molecule has 2 aromatic heterocycles. The van der Waals surface area contributed by atoms with Gasteiger partial charge in [0, 0.05) is 23.3 Å². The summed E-state index contributed by atoms with van der Waals surface area (Å²) < 4.78 is 6.94. The minimum atomic E-state index is -0.173. The number of amides is 1. The van der Waals surface area contributed by atoms with Gasteiger partial charge in [-0.25, -0.2) is 0 Å². The van der Waals surface area contributed by atoms with Crippen LogP contribution in [-0.2, 0) is 6.54 Å². The highest BCUT2D eigenvalue weighted by atomic mass is 35.5. The number of nitrogens with zero attached hydrogens (tertiary/aromatic N) is 3. The van der Waals surface area contributed by atoms with Gasteiger partial charge in [-0.2, -0.15) is 0 Å². The fraction of sp³-hybridized carbons (Fsp3) is 0.0952. The Bertz CT molecular complexity index is 1120. The lowest BCUT2D eigenvalue weighted by atomic mass is 10.2. The second kappa shape index (κ2) is 7.70. The summed E-state index contributed by atoms with van der Waals surface area (Å²) in [5.41, 5.74) is 3.04. The molecule has 0 saturated carbocycles. The van der Waals surface area contributed by atoms with Crippen LogP contribution in [0, 0.1) is 0 Å². The van der Waals surface area contributed by atoms with Crippen molar-refractivity contribution in [2.24, 2.45) is 0 Å². The number of hydrogen-bond acceptors (Lipinski definition) is 4. The highest BCUT2D eigenvalue weighted by Crippen LogP contribution is 2.21. The highest BCUT2D eigenvalue weighted by Gasteiger charge is 2.12. The van der Waals surface area contributed by atoms with Crippen LogP contribution in [-0.4, -0.2) is 27.6 Å². The van der Waals surface area contributed by atoms with Crippen molar-refractivity contribution in [3.05, 3.63) is 83.0 Å². The number of fused-ring (bicyclic) bond motifs is 1. The number of benzene rings is 2. The molecule has 7 heteroatoms. The molecule has 0 saturated heterocycles. The molecule has 2 heterocycles. The lowest BCUT2D eigenvalue weighted by molar-refractivity contribution is 0.0950. The van der Waals surface area contributed by atoms with Gasteiger partial charge in [0.15, 0.2) is 11.5 Å². The van der Waals surface area contributed by atoms with Crippen LogP contribution in [0.3, 0.4) is 0 Å². The number of pyridine rings is 1. The van der Waals surface area contributed by atoms with Crippen molar-refractivity contribution in [2.75, 3.05) is 7.11 Å². The minimum Gasteiger partial charge on any atom is -0.497 e. The Balaban J connectivity index is 1.55. The largest absolute Gasteiger partial charge is 0.497 e. The molecule has 1 amide bonds. The maximum Gasteiger partial charge on any atom is 0.253 e. The Morgan fingerprint density at radius 2 is 1.79 bits per heavy atom. The van der Waals surface area contributed by atoms with Crippen LogP contribution in [0.25, 0.3) is 17.0 Å². The number of methoxy groups -OCH3 is 1. The first-order valence-electron chi connectivity index (χ1n) is 8.66. The fourth-order valence-electron chi connectivity index (χ4n) is 2.85. The van der Waals surface area contributed by atoms with E-state index in [1.165, 1.54) is 0 Å². The average molecular weight is 393 g/mol. The van der Waals surface area contributed by atoms with Crippen LogP contribution >= 0.6 is 11.6 Å². The van der Waals surface area contributed by atoms with Crippen LogP contribution in [0.15, 0.2) is 66.9 Å². The van der Waals surface area contributed by atoms with Gasteiger partial charge in [0.2, 0.25) is 0 Å².